The molecule has 3 heterocycles. The Morgan fingerprint density at radius 2 is 2.18 bits per heavy atom. The van der Waals surface area contributed by atoms with Crippen molar-refractivity contribution in [2.24, 2.45) is 5.73 Å². The molecule has 8 heteroatoms. The third-order valence-electron chi connectivity index (χ3n) is 3.78. The zero-order valence-corrected chi connectivity index (χ0v) is 13.0. The molecule has 0 fully saturated rings. The molecular weight excluding hydrogens is 306 g/mol. The summed E-state index contributed by atoms with van der Waals surface area (Å²) in [7, 11) is 0. The molecule has 0 radical (unpaired) electrons. The summed E-state index contributed by atoms with van der Waals surface area (Å²) in [6, 6.07) is 0. The lowest BCUT2D eigenvalue weighted by Crippen LogP contribution is -2.30. The largest absolute Gasteiger partial charge is 0.448 e. The Balaban J connectivity index is 2.08. The predicted molar refractivity (Wildman–Crippen MR) is 81.0 cm³/mol. The van der Waals surface area contributed by atoms with E-state index in [1.54, 1.807) is 11.5 Å². The quantitative estimate of drug-likeness (QED) is 0.840. The van der Waals surface area contributed by atoms with Crippen LogP contribution in [0.15, 0.2) is 4.79 Å². The molecule has 2 aromatic rings. The van der Waals surface area contributed by atoms with Crippen molar-refractivity contribution >= 4 is 33.4 Å². The third kappa shape index (κ3) is 2.19. The fourth-order valence-electron chi connectivity index (χ4n) is 2.54. The molecule has 0 saturated heterocycles. The summed E-state index contributed by atoms with van der Waals surface area (Å²) < 4.78 is 6.67. The van der Waals surface area contributed by atoms with Crippen LogP contribution in [0, 0.1) is 6.92 Å². The maximum Gasteiger partial charge on any atom is 0.349 e. The van der Waals surface area contributed by atoms with Crippen molar-refractivity contribution in [1.29, 1.82) is 0 Å². The molecule has 7 nitrogen and oxygen atoms in total. The van der Waals surface area contributed by atoms with Crippen LogP contribution in [0.1, 0.15) is 34.4 Å². The average Bonchev–Trinajstić information content (AvgIpc) is 3.04. The lowest BCUT2D eigenvalue weighted by molar-refractivity contribution is -0.125. The van der Waals surface area contributed by atoms with Gasteiger partial charge in [0.05, 0.1) is 5.39 Å². The summed E-state index contributed by atoms with van der Waals surface area (Å²) in [5.74, 6) is -0.621. The molecule has 0 aromatic carbocycles. The number of esters is 1. The van der Waals surface area contributed by atoms with Crippen LogP contribution in [-0.2, 0) is 22.5 Å². The van der Waals surface area contributed by atoms with Gasteiger partial charge in [0.1, 0.15) is 15.5 Å². The Kier molecular flexibility index (Phi) is 3.48. The van der Waals surface area contributed by atoms with Gasteiger partial charge in [0.15, 0.2) is 6.10 Å². The number of thiophene rings is 1. The van der Waals surface area contributed by atoms with Gasteiger partial charge < -0.3 is 10.5 Å². The number of aromatic nitrogens is 2. The van der Waals surface area contributed by atoms with Gasteiger partial charge in [-0.25, -0.2) is 9.78 Å². The van der Waals surface area contributed by atoms with Crippen LogP contribution in [0.2, 0.25) is 0 Å². The first-order valence-electron chi connectivity index (χ1n) is 6.93. The molecule has 2 aromatic heterocycles. The first-order chi connectivity index (χ1) is 10.4. The number of carbonyl (C=O) groups is 2. The van der Waals surface area contributed by atoms with Gasteiger partial charge in [-0.05, 0) is 25.8 Å². The third-order valence-corrected chi connectivity index (χ3v) is 4.95. The van der Waals surface area contributed by atoms with Crippen molar-refractivity contribution in [3.05, 3.63) is 26.6 Å². The zero-order valence-electron chi connectivity index (χ0n) is 12.2. The van der Waals surface area contributed by atoms with Crippen molar-refractivity contribution in [3.63, 3.8) is 0 Å². The summed E-state index contributed by atoms with van der Waals surface area (Å²) in [6.07, 6.45) is 0.653. The van der Waals surface area contributed by atoms with Gasteiger partial charge in [-0.15, -0.1) is 11.3 Å². The lowest BCUT2D eigenvalue weighted by atomic mass is 10.2. The van der Waals surface area contributed by atoms with E-state index in [0.29, 0.717) is 22.3 Å². The van der Waals surface area contributed by atoms with Gasteiger partial charge in [0, 0.05) is 13.0 Å². The van der Waals surface area contributed by atoms with E-state index in [0.717, 1.165) is 30.0 Å². The van der Waals surface area contributed by atoms with Gasteiger partial charge >= 0.3 is 5.97 Å². The highest BCUT2D eigenvalue weighted by Gasteiger charge is 2.25. The van der Waals surface area contributed by atoms with Crippen molar-refractivity contribution in [1.82, 2.24) is 9.55 Å². The highest BCUT2D eigenvalue weighted by Crippen LogP contribution is 2.29. The molecule has 0 bridgehead atoms. The SMILES string of the molecule is Cc1c(C(=O)O[C@H](C)C(N)=O)sc2nc3n(c(=O)c12)CCC3. The number of hydrogen-bond donors (Lipinski definition) is 1. The predicted octanol–water partition coefficient (Wildman–Crippen LogP) is 0.743. The van der Waals surface area contributed by atoms with E-state index < -0.39 is 18.0 Å². The normalized spacial score (nSPS) is 14.8. The lowest BCUT2D eigenvalue weighted by Gasteiger charge is -2.08. The summed E-state index contributed by atoms with van der Waals surface area (Å²) in [5.41, 5.74) is 5.51. The van der Waals surface area contributed by atoms with Crippen LogP contribution in [0.25, 0.3) is 10.2 Å². The number of nitrogens with two attached hydrogens (primary N) is 1. The van der Waals surface area contributed by atoms with Crippen LogP contribution in [-0.4, -0.2) is 27.5 Å². The second-order valence-corrected chi connectivity index (χ2v) is 6.27. The summed E-state index contributed by atoms with van der Waals surface area (Å²) in [6.45, 7) is 3.75. The van der Waals surface area contributed by atoms with E-state index >= 15 is 0 Å². The molecule has 1 atom stereocenters. The molecule has 1 amide bonds. The number of ether oxygens (including phenoxy) is 1. The number of nitrogens with zero attached hydrogens (tertiary/aromatic N) is 2. The number of rotatable bonds is 3. The smallest absolute Gasteiger partial charge is 0.349 e. The van der Waals surface area contributed by atoms with Gasteiger partial charge in [-0.1, -0.05) is 0 Å². The Bertz CT molecular complexity index is 852. The van der Waals surface area contributed by atoms with Crippen LogP contribution in [0.4, 0.5) is 0 Å². The average molecular weight is 321 g/mol. The second-order valence-electron chi connectivity index (χ2n) is 5.27. The van der Waals surface area contributed by atoms with Gasteiger partial charge in [-0.3, -0.25) is 14.2 Å². The zero-order chi connectivity index (χ0) is 16.0. The molecule has 22 heavy (non-hydrogen) atoms. The molecular formula is C14H15N3O4S. The fourth-order valence-corrected chi connectivity index (χ4v) is 3.62. The number of primary amides is 1. The number of fused-ring (bicyclic) bond motifs is 2. The molecule has 0 saturated carbocycles. The van der Waals surface area contributed by atoms with E-state index in [4.69, 9.17) is 10.5 Å². The maximum atomic E-state index is 12.5. The van der Waals surface area contributed by atoms with Crippen LogP contribution in [0.3, 0.4) is 0 Å². The van der Waals surface area contributed by atoms with Gasteiger partial charge in [0.25, 0.3) is 11.5 Å². The van der Waals surface area contributed by atoms with Crippen LogP contribution < -0.4 is 11.3 Å². The van der Waals surface area contributed by atoms with Gasteiger partial charge in [-0.2, -0.15) is 0 Å². The Morgan fingerprint density at radius 3 is 2.86 bits per heavy atom. The van der Waals surface area contributed by atoms with Crippen molar-refractivity contribution in [3.8, 4) is 0 Å². The molecule has 2 N–H and O–H groups in total. The number of amides is 1. The molecule has 1 aliphatic heterocycles. The molecule has 3 rings (SSSR count). The fraction of sp³-hybridized carbons (Fsp3) is 0.429. The van der Waals surface area contributed by atoms with E-state index in [1.807, 2.05) is 0 Å². The van der Waals surface area contributed by atoms with E-state index in [2.05, 4.69) is 4.98 Å². The highest BCUT2D eigenvalue weighted by molar-refractivity contribution is 7.20. The standard InChI is InChI=1S/C14H15N3O4S/c1-6-9-12(16-8-4-3-5-17(8)13(9)19)22-10(6)14(20)21-7(2)11(15)18/h7H,3-5H2,1-2H3,(H2,15,18)/t7-/m1/s1. The van der Waals surface area contributed by atoms with E-state index in [1.165, 1.54) is 6.92 Å². The van der Waals surface area contributed by atoms with Gasteiger partial charge in [0.2, 0.25) is 0 Å². The minimum Gasteiger partial charge on any atom is -0.448 e. The molecule has 1 aliphatic rings. The topological polar surface area (TPSA) is 104 Å². The Hall–Kier alpha value is -2.22. The van der Waals surface area contributed by atoms with E-state index in [9.17, 15) is 14.4 Å². The highest BCUT2D eigenvalue weighted by atomic mass is 32.1. The number of hydrogen-bond acceptors (Lipinski definition) is 6. The van der Waals surface area contributed by atoms with Crippen molar-refractivity contribution in [2.45, 2.75) is 39.3 Å². The molecule has 0 aliphatic carbocycles. The molecule has 0 unspecified atom stereocenters. The monoisotopic (exact) mass is 321 g/mol. The first-order valence-corrected chi connectivity index (χ1v) is 7.75. The number of carbonyl (C=O) groups excluding carboxylic acids is 2. The second kappa shape index (κ2) is 5.20. The van der Waals surface area contributed by atoms with Crippen molar-refractivity contribution < 1.29 is 14.3 Å². The Morgan fingerprint density at radius 1 is 1.45 bits per heavy atom. The number of aryl methyl sites for hydroxylation is 2. The molecule has 0 spiro atoms. The van der Waals surface area contributed by atoms with Crippen molar-refractivity contribution in [2.75, 3.05) is 0 Å². The summed E-state index contributed by atoms with van der Waals surface area (Å²) in [4.78, 5) is 41.0. The first kappa shape index (κ1) is 14.7. The summed E-state index contributed by atoms with van der Waals surface area (Å²) >= 11 is 1.11. The van der Waals surface area contributed by atoms with Crippen LogP contribution >= 0.6 is 11.3 Å². The summed E-state index contributed by atoms with van der Waals surface area (Å²) in [5, 5.41) is 0.453. The Labute approximate surface area is 129 Å². The van der Waals surface area contributed by atoms with Crippen LogP contribution in [0.5, 0.6) is 0 Å². The minimum atomic E-state index is -1.02. The van der Waals surface area contributed by atoms with E-state index in [-0.39, 0.29) is 10.4 Å². The minimum absolute atomic E-state index is 0.117. The molecule has 116 valence electrons. The maximum absolute atomic E-state index is 12.5.